The number of amides is 1. The highest BCUT2D eigenvalue weighted by Crippen LogP contribution is 2.02. The Kier molecular flexibility index (Phi) is 10.7. The molecule has 2 N–H and O–H groups in total. The molecule has 0 bridgehead atoms. The van der Waals surface area contributed by atoms with E-state index in [1.165, 1.54) is 5.69 Å². The van der Waals surface area contributed by atoms with Crippen molar-refractivity contribution in [2.45, 2.75) is 33.7 Å². The first-order chi connectivity index (χ1) is 12.5. The van der Waals surface area contributed by atoms with Crippen LogP contribution in [-0.4, -0.2) is 84.3 Å². The summed E-state index contributed by atoms with van der Waals surface area (Å²) in [7, 11) is 1.79. The van der Waals surface area contributed by atoms with Gasteiger partial charge in [-0.3, -0.25) is 19.4 Å². The quantitative estimate of drug-likeness (QED) is 0.256. The van der Waals surface area contributed by atoms with E-state index in [0.717, 1.165) is 70.4 Å². The summed E-state index contributed by atoms with van der Waals surface area (Å²) in [5.41, 5.74) is 2.27. The zero-order valence-corrected chi connectivity index (χ0v) is 19.3. The van der Waals surface area contributed by atoms with Gasteiger partial charge >= 0.3 is 0 Å². The van der Waals surface area contributed by atoms with Gasteiger partial charge in [0.1, 0.15) is 0 Å². The van der Waals surface area contributed by atoms with Crippen molar-refractivity contribution in [1.82, 2.24) is 30.2 Å². The molecule has 1 saturated heterocycles. The number of rotatable bonds is 7. The third-order valence-corrected chi connectivity index (χ3v) is 4.70. The van der Waals surface area contributed by atoms with Crippen LogP contribution in [0.5, 0.6) is 0 Å². The van der Waals surface area contributed by atoms with E-state index in [1.54, 1.807) is 14.0 Å². The third-order valence-electron chi connectivity index (χ3n) is 4.70. The van der Waals surface area contributed by atoms with Gasteiger partial charge in [0.2, 0.25) is 5.91 Å². The van der Waals surface area contributed by atoms with Crippen molar-refractivity contribution >= 4 is 35.8 Å². The first kappa shape index (κ1) is 23.7. The zero-order chi connectivity index (χ0) is 18.9. The molecule has 0 saturated carbocycles. The number of aromatic nitrogens is 2. The molecule has 0 aromatic carbocycles. The fourth-order valence-electron chi connectivity index (χ4n) is 3.18. The molecule has 27 heavy (non-hydrogen) atoms. The first-order valence-corrected chi connectivity index (χ1v) is 9.43. The van der Waals surface area contributed by atoms with E-state index in [4.69, 9.17) is 0 Å². The number of nitrogens with one attached hydrogen (secondary N) is 2. The number of guanidine groups is 1. The summed E-state index contributed by atoms with van der Waals surface area (Å²) in [5, 5.41) is 11.2. The largest absolute Gasteiger partial charge is 0.356 e. The Hall–Kier alpha value is -1.36. The van der Waals surface area contributed by atoms with Gasteiger partial charge in [-0.2, -0.15) is 5.10 Å². The maximum atomic E-state index is 11.3. The van der Waals surface area contributed by atoms with Gasteiger partial charge in [-0.25, -0.2) is 0 Å². The maximum absolute atomic E-state index is 11.3. The van der Waals surface area contributed by atoms with Crippen LogP contribution in [0.2, 0.25) is 0 Å². The summed E-state index contributed by atoms with van der Waals surface area (Å²) in [6.45, 7) is 12.9. The molecule has 8 nitrogen and oxygen atoms in total. The molecule has 9 heteroatoms. The molecule has 0 spiro atoms. The van der Waals surface area contributed by atoms with Crippen LogP contribution in [0.1, 0.15) is 24.7 Å². The van der Waals surface area contributed by atoms with Crippen molar-refractivity contribution in [2.75, 3.05) is 52.9 Å². The Bertz CT molecular complexity index is 609. The molecule has 1 aliphatic rings. The van der Waals surface area contributed by atoms with Crippen molar-refractivity contribution in [3.05, 3.63) is 17.5 Å². The van der Waals surface area contributed by atoms with E-state index < -0.39 is 0 Å². The van der Waals surface area contributed by atoms with E-state index in [-0.39, 0.29) is 29.9 Å². The van der Waals surface area contributed by atoms with Crippen LogP contribution in [0.15, 0.2) is 11.1 Å². The number of carbonyl (C=O) groups excluding carboxylic acids is 1. The van der Waals surface area contributed by atoms with Crippen LogP contribution in [-0.2, 0) is 11.3 Å². The molecule has 0 unspecified atom stereocenters. The molecule has 1 aliphatic heterocycles. The summed E-state index contributed by atoms with van der Waals surface area (Å²) >= 11 is 0. The van der Waals surface area contributed by atoms with E-state index in [0.29, 0.717) is 0 Å². The SMILES string of the molecule is CN=C(NCCCn1nc(C)cc1C)NCCN1CCN(C(C)=O)CC1.I. The van der Waals surface area contributed by atoms with Crippen molar-refractivity contribution in [3.63, 3.8) is 0 Å². The highest BCUT2D eigenvalue weighted by atomic mass is 127. The van der Waals surface area contributed by atoms with Crippen LogP contribution >= 0.6 is 24.0 Å². The van der Waals surface area contributed by atoms with Crippen LogP contribution in [0, 0.1) is 13.8 Å². The number of piperazine rings is 1. The third kappa shape index (κ3) is 8.04. The monoisotopic (exact) mass is 491 g/mol. The predicted molar refractivity (Wildman–Crippen MR) is 120 cm³/mol. The highest BCUT2D eigenvalue weighted by molar-refractivity contribution is 14.0. The van der Waals surface area contributed by atoms with Gasteiger partial charge in [-0.1, -0.05) is 0 Å². The summed E-state index contributed by atoms with van der Waals surface area (Å²) in [5.74, 6) is 1.01. The molecule has 2 heterocycles. The molecule has 1 amide bonds. The number of aliphatic imine (C=N–C) groups is 1. The number of hydrogen-bond donors (Lipinski definition) is 2. The van der Waals surface area contributed by atoms with Crippen LogP contribution in [0.4, 0.5) is 0 Å². The summed E-state index contributed by atoms with van der Waals surface area (Å²) in [6.07, 6.45) is 0.996. The molecule has 2 rings (SSSR count). The Labute approximate surface area is 179 Å². The lowest BCUT2D eigenvalue weighted by Crippen LogP contribution is -2.50. The summed E-state index contributed by atoms with van der Waals surface area (Å²) in [6, 6.07) is 2.10. The molecule has 1 aromatic heterocycles. The summed E-state index contributed by atoms with van der Waals surface area (Å²) in [4.78, 5) is 19.9. The van der Waals surface area contributed by atoms with Gasteiger partial charge in [-0.05, 0) is 26.3 Å². The molecule has 1 aromatic rings. The molecule has 0 atom stereocenters. The second-order valence-corrected chi connectivity index (χ2v) is 6.78. The summed E-state index contributed by atoms with van der Waals surface area (Å²) < 4.78 is 2.05. The van der Waals surface area contributed by atoms with Crippen molar-refractivity contribution in [3.8, 4) is 0 Å². The minimum Gasteiger partial charge on any atom is -0.356 e. The number of aryl methyl sites for hydroxylation is 3. The topological polar surface area (TPSA) is 77.8 Å². The lowest BCUT2D eigenvalue weighted by molar-refractivity contribution is -0.130. The first-order valence-electron chi connectivity index (χ1n) is 9.43. The lowest BCUT2D eigenvalue weighted by atomic mass is 10.3. The maximum Gasteiger partial charge on any atom is 0.219 e. The molecule has 0 aliphatic carbocycles. The predicted octanol–water partition coefficient (Wildman–Crippen LogP) is 0.837. The van der Waals surface area contributed by atoms with Crippen LogP contribution < -0.4 is 10.6 Å². The van der Waals surface area contributed by atoms with E-state index in [9.17, 15) is 4.79 Å². The van der Waals surface area contributed by atoms with E-state index in [1.807, 2.05) is 16.5 Å². The van der Waals surface area contributed by atoms with Gasteiger partial charge in [0.15, 0.2) is 5.96 Å². The molecular weight excluding hydrogens is 457 g/mol. The van der Waals surface area contributed by atoms with E-state index >= 15 is 0 Å². The minimum absolute atomic E-state index is 0. The minimum atomic E-state index is 0. The van der Waals surface area contributed by atoms with Crippen molar-refractivity contribution in [1.29, 1.82) is 0 Å². The Morgan fingerprint density at radius 2 is 1.81 bits per heavy atom. The Balaban J connectivity index is 0.00000364. The number of carbonyl (C=O) groups is 1. The molecule has 154 valence electrons. The normalized spacial score (nSPS) is 15.4. The average molecular weight is 491 g/mol. The van der Waals surface area contributed by atoms with Crippen LogP contribution in [0.25, 0.3) is 0 Å². The molecule has 1 fully saturated rings. The zero-order valence-electron chi connectivity index (χ0n) is 17.0. The van der Waals surface area contributed by atoms with Gasteiger partial charge < -0.3 is 15.5 Å². The Morgan fingerprint density at radius 1 is 1.15 bits per heavy atom. The van der Waals surface area contributed by atoms with Crippen LogP contribution in [0.3, 0.4) is 0 Å². The Morgan fingerprint density at radius 3 is 2.37 bits per heavy atom. The number of halogens is 1. The van der Waals surface area contributed by atoms with E-state index in [2.05, 4.69) is 38.6 Å². The molecular formula is C18H34IN7O. The number of nitrogens with zero attached hydrogens (tertiary/aromatic N) is 5. The highest BCUT2D eigenvalue weighted by Gasteiger charge is 2.17. The van der Waals surface area contributed by atoms with Gasteiger partial charge in [0, 0.05) is 72.0 Å². The molecule has 0 radical (unpaired) electrons. The van der Waals surface area contributed by atoms with Gasteiger partial charge in [0.05, 0.1) is 5.69 Å². The fraction of sp³-hybridized carbons (Fsp3) is 0.722. The van der Waals surface area contributed by atoms with Crippen molar-refractivity contribution < 1.29 is 4.79 Å². The second-order valence-electron chi connectivity index (χ2n) is 6.78. The van der Waals surface area contributed by atoms with Gasteiger partial charge in [0.25, 0.3) is 0 Å². The smallest absolute Gasteiger partial charge is 0.219 e. The fourth-order valence-corrected chi connectivity index (χ4v) is 3.18. The van der Waals surface area contributed by atoms with Crippen molar-refractivity contribution in [2.24, 2.45) is 4.99 Å². The lowest BCUT2D eigenvalue weighted by Gasteiger charge is -2.34. The number of hydrogen-bond acceptors (Lipinski definition) is 4. The second kappa shape index (κ2) is 12.2. The van der Waals surface area contributed by atoms with Gasteiger partial charge in [-0.15, -0.1) is 24.0 Å². The standard InChI is InChI=1S/C18H33N7O.HI/c1-15-14-16(2)25(22-15)8-5-6-20-18(19-4)21-7-9-23-10-12-24(13-11-23)17(3)26;/h14H,5-13H2,1-4H3,(H2,19,20,21);1H. The average Bonchev–Trinajstić information content (AvgIpc) is 2.94.